The van der Waals surface area contributed by atoms with E-state index in [4.69, 9.17) is 0 Å². The predicted octanol–water partition coefficient (Wildman–Crippen LogP) is 4.45. The molecule has 1 unspecified atom stereocenters. The second kappa shape index (κ2) is 6.57. The monoisotopic (exact) mass is 358 g/mol. The number of carboxylic acid groups (broad SMARTS) is 1. The van der Waals surface area contributed by atoms with Crippen LogP contribution in [-0.2, 0) is 11.0 Å². The normalized spacial score (nSPS) is 19.0. The molecule has 25 heavy (non-hydrogen) atoms. The van der Waals surface area contributed by atoms with Crippen LogP contribution >= 0.6 is 0 Å². The van der Waals surface area contributed by atoms with Crippen LogP contribution in [0.25, 0.3) is 0 Å². The van der Waals surface area contributed by atoms with Crippen molar-refractivity contribution in [3.8, 4) is 0 Å². The Labute approximate surface area is 144 Å². The second-order valence-electron chi connectivity index (χ2n) is 7.03. The van der Waals surface area contributed by atoms with Gasteiger partial charge in [-0.15, -0.1) is 0 Å². The summed E-state index contributed by atoms with van der Waals surface area (Å²) in [5, 5.41) is 11.6. The van der Waals surface area contributed by atoms with Crippen LogP contribution in [0, 0.1) is 0 Å². The van der Waals surface area contributed by atoms with Gasteiger partial charge in [-0.2, -0.15) is 13.2 Å². The van der Waals surface area contributed by atoms with Crippen molar-refractivity contribution >= 4 is 12.0 Å². The molecule has 1 saturated heterocycles. The van der Waals surface area contributed by atoms with Crippen molar-refractivity contribution in [3.63, 3.8) is 0 Å². The van der Waals surface area contributed by atoms with Gasteiger partial charge in [0, 0.05) is 6.42 Å². The van der Waals surface area contributed by atoms with Crippen LogP contribution in [-0.4, -0.2) is 32.7 Å². The molecule has 0 saturated carbocycles. The Morgan fingerprint density at radius 1 is 1.28 bits per heavy atom. The van der Waals surface area contributed by atoms with Crippen LogP contribution in [0.2, 0.25) is 0 Å². The number of rotatable bonds is 2. The molecule has 1 aromatic rings. The van der Waals surface area contributed by atoms with E-state index in [-0.39, 0.29) is 12.0 Å². The summed E-state index contributed by atoms with van der Waals surface area (Å²) < 4.78 is 39.0. The van der Waals surface area contributed by atoms with Gasteiger partial charge in [0.1, 0.15) is 0 Å². The highest BCUT2D eigenvalue weighted by atomic mass is 19.4. The number of benzene rings is 1. The SMILES string of the molecule is CC(C)(C)N(C(=O)O)N1C(=O)CCCC1c1cccc(C(F)(F)F)c1. The number of halogens is 3. The van der Waals surface area contributed by atoms with E-state index in [0.717, 1.165) is 22.2 Å². The molecule has 1 N–H and O–H groups in total. The molecule has 0 radical (unpaired) electrons. The molecule has 2 amide bonds. The lowest BCUT2D eigenvalue weighted by molar-refractivity contribution is -0.166. The van der Waals surface area contributed by atoms with Gasteiger partial charge in [-0.3, -0.25) is 4.79 Å². The van der Waals surface area contributed by atoms with Gasteiger partial charge in [0.2, 0.25) is 5.91 Å². The average molecular weight is 358 g/mol. The van der Waals surface area contributed by atoms with Crippen molar-refractivity contribution in [3.05, 3.63) is 35.4 Å². The number of carbonyl (C=O) groups is 2. The smallest absolute Gasteiger partial charge is 0.426 e. The molecule has 0 aliphatic carbocycles. The summed E-state index contributed by atoms with van der Waals surface area (Å²) in [7, 11) is 0. The fraction of sp³-hybridized carbons (Fsp3) is 0.529. The summed E-state index contributed by atoms with van der Waals surface area (Å²) in [6.45, 7) is 4.89. The van der Waals surface area contributed by atoms with E-state index in [9.17, 15) is 27.9 Å². The van der Waals surface area contributed by atoms with Crippen LogP contribution in [0.1, 0.15) is 57.2 Å². The van der Waals surface area contributed by atoms with Crippen molar-refractivity contribution < 1.29 is 27.9 Å². The Kier molecular flexibility index (Phi) is 5.02. The van der Waals surface area contributed by atoms with Gasteiger partial charge in [0.25, 0.3) is 0 Å². The third-order valence-corrected chi connectivity index (χ3v) is 4.05. The summed E-state index contributed by atoms with van der Waals surface area (Å²) in [5.74, 6) is -0.411. The van der Waals surface area contributed by atoms with Crippen molar-refractivity contribution in [1.29, 1.82) is 0 Å². The Morgan fingerprint density at radius 3 is 2.44 bits per heavy atom. The Morgan fingerprint density at radius 2 is 1.92 bits per heavy atom. The van der Waals surface area contributed by atoms with Crippen molar-refractivity contribution in [2.24, 2.45) is 0 Å². The fourth-order valence-electron chi connectivity index (χ4n) is 3.04. The zero-order chi connectivity index (χ0) is 19.0. The number of piperidine rings is 1. The van der Waals surface area contributed by atoms with E-state index in [0.29, 0.717) is 12.8 Å². The minimum atomic E-state index is -4.50. The number of hydrazine groups is 1. The Hall–Kier alpha value is -2.25. The minimum Gasteiger partial charge on any atom is -0.464 e. The molecule has 1 aliphatic rings. The number of hydrogen-bond donors (Lipinski definition) is 1. The van der Waals surface area contributed by atoms with Crippen LogP contribution in [0.15, 0.2) is 24.3 Å². The molecule has 1 fully saturated rings. The minimum absolute atomic E-state index is 0.162. The molecule has 0 aromatic heterocycles. The van der Waals surface area contributed by atoms with Gasteiger partial charge in [-0.25, -0.2) is 14.8 Å². The maximum Gasteiger partial charge on any atom is 0.426 e. The number of nitrogens with zero attached hydrogens (tertiary/aromatic N) is 2. The number of alkyl halides is 3. The summed E-state index contributed by atoms with van der Waals surface area (Å²) in [4.78, 5) is 24.2. The van der Waals surface area contributed by atoms with Gasteiger partial charge in [0.15, 0.2) is 0 Å². The van der Waals surface area contributed by atoms with Crippen LogP contribution < -0.4 is 0 Å². The van der Waals surface area contributed by atoms with E-state index in [2.05, 4.69) is 0 Å². The van der Waals surface area contributed by atoms with Gasteiger partial charge >= 0.3 is 12.3 Å². The van der Waals surface area contributed by atoms with E-state index in [1.807, 2.05) is 0 Å². The summed E-state index contributed by atoms with van der Waals surface area (Å²) in [5.41, 5.74) is -1.46. The van der Waals surface area contributed by atoms with E-state index in [1.54, 1.807) is 20.8 Å². The highest BCUT2D eigenvalue weighted by Gasteiger charge is 2.42. The molecule has 2 rings (SSSR count). The molecular weight excluding hydrogens is 337 g/mol. The highest BCUT2D eigenvalue weighted by molar-refractivity contribution is 5.80. The van der Waals surface area contributed by atoms with Crippen molar-refractivity contribution in [2.75, 3.05) is 0 Å². The van der Waals surface area contributed by atoms with Crippen molar-refractivity contribution in [1.82, 2.24) is 10.0 Å². The number of hydrogen-bond acceptors (Lipinski definition) is 2. The maximum absolute atomic E-state index is 13.0. The standard InChI is InChI=1S/C17H21F3N2O3/c1-16(2,3)22(15(24)25)21-13(8-5-9-14(21)23)11-6-4-7-12(10-11)17(18,19)20/h4,6-7,10,13H,5,8-9H2,1-3H3,(H,24,25). The Balaban J connectivity index is 2.50. The number of amides is 2. The fourth-order valence-corrected chi connectivity index (χ4v) is 3.04. The van der Waals surface area contributed by atoms with Crippen LogP contribution in [0.4, 0.5) is 18.0 Å². The molecule has 0 spiro atoms. The van der Waals surface area contributed by atoms with Gasteiger partial charge < -0.3 is 5.11 Å². The molecule has 8 heteroatoms. The highest BCUT2D eigenvalue weighted by Crippen LogP contribution is 2.38. The first-order chi connectivity index (χ1) is 11.4. The Bertz CT molecular complexity index is 668. The second-order valence-corrected chi connectivity index (χ2v) is 7.03. The first-order valence-electron chi connectivity index (χ1n) is 7.95. The lowest BCUT2D eigenvalue weighted by atomic mass is 9.94. The number of carbonyl (C=O) groups excluding carboxylic acids is 1. The van der Waals surface area contributed by atoms with Crippen LogP contribution in [0.5, 0.6) is 0 Å². The van der Waals surface area contributed by atoms with Crippen molar-refractivity contribution in [2.45, 2.75) is 57.8 Å². The topological polar surface area (TPSA) is 60.9 Å². The molecule has 5 nitrogen and oxygen atoms in total. The molecule has 138 valence electrons. The molecular formula is C17H21F3N2O3. The lowest BCUT2D eigenvalue weighted by Crippen LogP contribution is -2.59. The quantitative estimate of drug-likeness (QED) is 0.849. The predicted molar refractivity (Wildman–Crippen MR) is 84.5 cm³/mol. The molecule has 1 aliphatic heterocycles. The molecule has 1 aromatic carbocycles. The molecule has 0 bridgehead atoms. The zero-order valence-corrected chi connectivity index (χ0v) is 14.3. The summed E-state index contributed by atoms with van der Waals surface area (Å²) in [6, 6.07) is 3.96. The average Bonchev–Trinajstić information content (AvgIpc) is 2.46. The van der Waals surface area contributed by atoms with E-state index in [1.165, 1.54) is 12.1 Å². The third-order valence-electron chi connectivity index (χ3n) is 4.05. The first kappa shape index (κ1) is 19.1. The third kappa shape index (κ3) is 4.05. The largest absolute Gasteiger partial charge is 0.464 e. The maximum atomic E-state index is 13.0. The summed E-state index contributed by atoms with van der Waals surface area (Å²) in [6.07, 6.45) is -4.77. The lowest BCUT2D eigenvalue weighted by Gasteiger charge is -2.47. The van der Waals surface area contributed by atoms with Gasteiger partial charge in [-0.1, -0.05) is 12.1 Å². The zero-order valence-electron chi connectivity index (χ0n) is 14.3. The van der Waals surface area contributed by atoms with E-state index < -0.39 is 35.3 Å². The van der Waals surface area contributed by atoms with Gasteiger partial charge in [-0.05, 0) is 51.3 Å². The van der Waals surface area contributed by atoms with E-state index >= 15 is 0 Å². The molecule has 1 atom stereocenters. The molecule has 1 heterocycles. The summed E-state index contributed by atoms with van der Waals surface area (Å²) >= 11 is 0. The van der Waals surface area contributed by atoms with Crippen LogP contribution in [0.3, 0.4) is 0 Å². The van der Waals surface area contributed by atoms with Gasteiger partial charge in [0.05, 0.1) is 17.1 Å². The first-order valence-corrected chi connectivity index (χ1v) is 7.95.